The zero-order valence-electron chi connectivity index (χ0n) is 6.25. The summed E-state index contributed by atoms with van der Waals surface area (Å²) in [7, 11) is 0. The van der Waals surface area contributed by atoms with Crippen molar-refractivity contribution in [2.24, 2.45) is 0 Å². The molecule has 1 aliphatic carbocycles. The standard InChI is InChI=1S/C10H10O/c1-2-9-5-3-4-6-10(7-9)8-11/h1,3-6,11H,7-8H2. The summed E-state index contributed by atoms with van der Waals surface area (Å²) in [4.78, 5) is 0. The van der Waals surface area contributed by atoms with Gasteiger partial charge in [0.25, 0.3) is 0 Å². The molecule has 0 saturated carbocycles. The first-order valence-corrected chi connectivity index (χ1v) is 3.49. The zero-order chi connectivity index (χ0) is 8.10. The highest BCUT2D eigenvalue weighted by atomic mass is 16.3. The Labute approximate surface area is 66.7 Å². The van der Waals surface area contributed by atoms with E-state index < -0.39 is 0 Å². The Balaban J connectivity index is 2.79. The van der Waals surface area contributed by atoms with Gasteiger partial charge in [0.1, 0.15) is 0 Å². The van der Waals surface area contributed by atoms with Crippen LogP contribution in [0.4, 0.5) is 0 Å². The van der Waals surface area contributed by atoms with Crippen molar-refractivity contribution in [3.63, 3.8) is 0 Å². The van der Waals surface area contributed by atoms with E-state index >= 15 is 0 Å². The second kappa shape index (κ2) is 3.80. The number of terminal acetylenes is 1. The molecule has 0 saturated heterocycles. The van der Waals surface area contributed by atoms with E-state index in [2.05, 4.69) is 5.92 Å². The molecule has 1 heteroatoms. The van der Waals surface area contributed by atoms with Crippen molar-refractivity contribution in [1.82, 2.24) is 0 Å². The van der Waals surface area contributed by atoms with E-state index in [1.165, 1.54) is 0 Å². The first-order chi connectivity index (χ1) is 5.36. The van der Waals surface area contributed by atoms with E-state index in [0.29, 0.717) is 6.42 Å². The van der Waals surface area contributed by atoms with Gasteiger partial charge in [-0.2, -0.15) is 0 Å². The minimum atomic E-state index is 0.0867. The summed E-state index contributed by atoms with van der Waals surface area (Å²) in [5, 5.41) is 8.83. The Morgan fingerprint density at radius 2 is 2.18 bits per heavy atom. The highest BCUT2D eigenvalue weighted by Crippen LogP contribution is 2.12. The van der Waals surface area contributed by atoms with Crippen LogP contribution in [0.15, 0.2) is 35.5 Å². The van der Waals surface area contributed by atoms with Crippen LogP contribution in [0.1, 0.15) is 6.42 Å². The van der Waals surface area contributed by atoms with Crippen LogP contribution in [0.5, 0.6) is 0 Å². The summed E-state index contributed by atoms with van der Waals surface area (Å²) in [5.74, 6) is 2.57. The molecule has 0 aromatic heterocycles. The molecule has 1 N–H and O–H groups in total. The van der Waals surface area contributed by atoms with Gasteiger partial charge in [-0.25, -0.2) is 0 Å². The Bertz CT molecular complexity index is 261. The number of hydrogen-bond donors (Lipinski definition) is 1. The maximum atomic E-state index is 8.83. The van der Waals surface area contributed by atoms with Crippen LogP contribution in [-0.2, 0) is 0 Å². The molecule has 0 bridgehead atoms. The van der Waals surface area contributed by atoms with Crippen LogP contribution < -0.4 is 0 Å². The van der Waals surface area contributed by atoms with Gasteiger partial charge in [0.05, 0.1) is 6.61 Å². The number of hydrogen-bond acceptors (Lipinski definition) is 1. The van der Waals surface area contributed by atoms with E-state index in [-0.39, 0.29) is 6.61 Å². The van der Waals surface area contributed by atoms with E-state index in [4.69, 9.17) is 11.5 Å². The largest absolute Gasteiger partial charge is 0.392 e. The number of aliphatic hydroxyl groups is 1. The molecule has 1 rings (SSSR count). The van der Waals surface area contributed by atoms with Gasteiger partial charge < -0.3 is 5.11 Å². The molecule has 0 amide bonds. The average molecular weight is 146 g/mol. The highest BCUT2D eigenvalue weighted by Gasteiger charge is 1.99. The first kappa shape index (κ1) is 7.84. The molecule has 11 heavy (non-hydrogen) atoms. The van der Waals surface area contributed by atoms with Gasteiger partial charge in [0, 0.05) is 12.0 Å². The summed E-state index contributed by atoms with van der Waals surface area (Å²) in [6, 6.07) is 0. The number of allylic oxidation sites excluding steroid dienone is 5. The maximum absolute atomic E-state index is 8.83. The summed E-state index contributed by atoms with van der Waals surface area (Å²) < 4.78 is 0. The smallest absolute Gasteiger partial charge is 0.0648 e. The minimum Gasteiger partial charge on any atom is -0.392 e. The average Bonchev–Trinajstić information content (AvgIpc) is 2.28. The first-order valence-electron chi connectivity index (χ1n) is 3.49. The van der Waals surface area contributed by atoms with Crippen molar-refractivity contribution < 1.29 is 5.11 Å². The summed E-state index contributed by atoms with van der Waals surface area (Å²) in [5.41, 5.74) is 1.88. The van der Waals surface area contributed by atoms with Gasteiger partial charge in [0.15, 0.2) is 0 Å². The van der Waals surface area contributed by atoms with Gasteiger partial charge >= 0.3 is 0 Å². The Morgan fingerprint density at radius 1 is 1.45 bits per heavy atom. The monoisotopic (exact) mass is 146 g/mol. The van der Waals surface area contributed by atoms with E-state index in [9.17, 15) is 0 Å². The SMILES string of the molecule is C#CC1=CC=CC=C(CO)C1. The van der Waals surface area contributed by atoms with Crippen LogP contribution in [0, 0.1) is 12.3 Å². The predicted molar refractivity (Wildman–Crippen MR) is 45.8 cm³/mol. The second-order valence-corrected chi connectivity index (χ2v) is 2.38. The van der Waals surface area contributed by atoms with Crippen LogP contribution >= 0.6 is 0 Å². The van der Waals surface area contributed by atoms with Crippen molar-refractivity contribution in [3.05, 3.63) is 35.5 Å². The fraction of sp³-hybridized carbons (Fsp3) is 0.200. The van der Waals surface area contributed by atoms with Gasteiger partial charge in [-0.3, -0.25) is 0 Å². The van der Waals surface area contributed by atoms with Crippen LogP contribution in [-0.4, -0.2) is 11.7 Å². The topological polar surface area (TPSA) is 20.2 Å². The normalized spacial score (nSPS) is 16.4. The fourth-order valence-corrected chi connectivity index (χ4v) is 0.934. The molecule has 0 radical (unpaired) electrons. The minimum absolute atomic E-state index is 0.0867. The van der Waals surface area contributed by atoms with Gasteiger partial charge in [0.2, 0.25) is 0 Å². The molecule has 0 unspecified atom stereocenters. The summed E-state index contributed by atoms with van der Waals surface area (Å²) in [6.45, 7) is 0.0867. The Hall–Kier alpha value is -1.26. The lowest BCUT2D eigenvalue weighted by Gasteiger charge is -1.99. The van der Waals surface area contributed by atoms with Crippen LogP contribution in [0.3, 0.4) is 0 Å². The molecule has 1 nitrogen and oxygen atoms in total. The van der Waals surface area contributed by atoms with Crippen molar-refractivity contribution in [1.29, 1.82) is 0 Å². The third-order valence-electron chi connectivity index (χ3n) is 1.55. The molecule has 1 aliphatic rings. The molecule has 0 aromatic carbocycles. The van der Waals surface area contributed by atoms with E-state index in [1.54, 1.807) is 0 Å². The van der Waals surface area contributed by atoms with Crippen molar-refractivity contribution in [2.75, 3.05) is 6.61 Å². The number of aliphatic hydroxyl groups excluding tert-OH is 1. The predicted octanol–water partition coefficient (Wildman–Crippen LogP) is 1.42. The Kier molecular flexibility index (Phi) is 2.71. The van der Waals surface area contributed by atoms with Crippen LogP contribution in [0.25, 0.3) is 0 Å². The van der Waals surface area contributed by atoms with Gasteiger partial charge in [-0.15, -0.1) is 6.42 Å². The lowest BCUT2D eigenvalue weighted by molar-refractivity contribution is 0.328. The molecule has 0 fully saturated rings. The quantitative estimate of drug-likeness (QED) is 0.555. The fourth-order valence-electron chi connectivity index (χ4n) is 0.934. The summed E-state index contributed by atoms with van der Waals surface area (Å²) in [6.07, 6.45) is 13.5. The molecule has 0 atom stereocenters. The molecule has 0 aliphatic heterocycles. The van der Waals surface area contributed by atoms with Crippen LogP contribution in [0.2, 0.25) is 0 Å². The zero-order valence-corrected chi connectivity index (χ0v) is 6.25. The van der Waals surface area contributed by atoms with E-state index in [1.807, 2.05) is 24.3 Å². The molecule has 0 aromatic rings. The second-order valence-electron chi connectivity index (χ2n) is 2.38. The molecular weight excluding hydrogens is 136 g/mol. The maximum Gasteiger partial charge on any atom is 0.0648 e. The van der Waals surface area contributed by atoms with Crippen molar-refractivity contribution >= 4 is 0 Å². The molecule has 56 valence electrons. The summed E-state index contributed by atoms with van der Waals surface area (Å²) >= 11 is 0. The Morgan fingerprint density at radius 3 is 2.82 bits per heavy atom. The van der Waals surface area contributed by atoms with Crippen molar-refractivity contribution in [2.45, 2.75) is 6.42 Å². The highest BCUT2D eigenvalue weighted by molar-refractivity contribution is 5.37. The third-order valence-corrected chi connectivity index (χ3v) is 1.55. The van der Waals surface area contributed by atoms with Crippen molar-refractivity contribution in [3.8, 4) is 12.3 Å². The molecule has 0 heterocycles. The van der Waals surface area contributed by atoms with Gasteiger partial charge in [-0.05, 0) is 5.57 Å². The van der Waals surface area contributed by atoms with E-state index in [0.717, 1.165) is 11.1 Å². The lowest BCUT2D eigenvalue weighted by atomic mass is 10.1. The van der Waals surface area contributed by atoms with Gasteiger partial charge in [-0.1, -0.05) is 30.2 Å². The molecule has 0 spiro atoms. The molecular formula is C10H10O. The third kappa shape index (κ3) is 2.10. The lowest BCUT2D eigenvalue weighted by Crippen LogP contribution is -1.90. The number of rotatable bonds is 1.